The number of amides is 1. The first-order valence-electron chi connectivity index (χ1n) is 10.6. The van der Waals surface area contributed by atoms with Crippen LogP contribution in [0.5, 0.6) is 0 Å². The molecular formula is C22H30N6OS2. The number of benzene rings is 1. The number of carbonyl (C=O) groups is 1. The smallest absolute Gasteiger partial charge is 0.230 e. The van der Waals surface area contributed by atoms with E-state index in [1.54, 1.807) is 29.7 Å². The molecule has 3 rings (SSSR count). The van der Waals surface area contributed by atoms with Crippen LogP contribution >= 0.6 is 23.5 Å². The molecule has 0 spiro atoms. The van der Waals surface area contributed by atoms with E-state index in [-0.39, 0.29) is 5.91 Å². The molecule has 1 amide bonds. The fourth-order valence-corrected chi connectivity index (χ4v) is 4.30. The van der Waals surface area contributed by atoms with E-state index in [1.165, 1.54) is 5.56 Å². The molecule has 0 bridgehead atoms. The summed E-state index contributed by atoms with van der Waals surface area (Å²) in [6.07, 6.45) is 1.80. The molecule has 2 N–H and O–H groups in total. The van der Waals surface area contributed by atoms with Crippen LogP contribution in [0.4, 0.5) is 5.82 Å². The number of nitrogens with one attached hydrogen (secondary N) is 2. The van der Waals surface area contributed by atoms with Gasteiger partial charge in [0.2, 0.25) is 5.91 Å². The second kappa shape index (κ2) is 12.0. The first kappa shape index (κ1) is 23.4. The van der Waals surface area contributed by atoms with Crippen LogP contribution in [0.3, 0.4) is 0 Å². The minimum Gasteiger partial charge on any atom is -0.369 e. The molecule has 2 aromatic heterocycles. The Morgan fingerprint density at radius 3 is 2.74 bits per heavy atom. The molecule has 0 aliphatic carbocycles. The van der Waals surface area contributed by atoms with Crippen molar-refractivity contribution in [3.8, 4) is 0 Å². The van der Waals surface area contributed by atoms with Crippen molar-refractivity contribution in [2.24, 2.45) is 5.92 Å². The van der Waals surface area contributed by atoms with Crippen LogP contribution in [0.15, 0.2) is 41.7 Å². The fourth-order valence-electron chi connectivity index (χ4n) is 2.92. The second-order valence-corrected chi connectivity index (χ2v) is 9.71. The highest BCUT2D eigenvalue weighted by Gasteiger charge is 2.13. The minimum absolute atomic E-state index is 0.0357. The van der Waals surface area contributed by atoms with Crippen molar-refractivity contribution in [1.29, 1.82) is 0 Å². The van der Waals surface area contributed by atoms with Crippen LogP contribution in [0.25, 0.3) is 11.0 Å². The summed E-state index contributed by atoms with van der Waals surface area (Å²) in [6.45, 7) is 8.33. The third-order valence-electron chi connectivity index (χ3n) is 4.42. The van der Waals surface area contributed by atoms with Crippen molar-refractivity contribution in [3.05, 3.63) is 42.1 Å². The molecule has 0 unspecified atom stereocenters. The summed E-state index contributed by atoms with van der Waals surface area (Å²) >= 11 is 3.23. The van der Waals surface area contributed by atoms with Crippen molar-refractivity contribution in [2.45, 2.75) is 38.2 Å². The lowest BCUT2D eigenvalue weighted by Gasteiger charge is -2.11. The molecule has 0 aliphatic heterocycles. The zero-order valence-corrected chi connectivity index (χ0v) is 19.9. The Labute approximate surface area is 192 Å². The standard InChI is InChI=1S/C22H30N6OS2/c1-4-31-22-26-20(24-12-16(2)3)18-13-25-28(21(18)27-22)11-10-23-19(29)15-30-14-17-8-6-5-7-9-17/h5-9,13,16H,4,10-12,14-15H2,1-3H3,(H,23,29)(H,24,26,27). The number of aromatic nitrogens is 4. The lowest BCUT2D eigenvalue weighted by molar-refractivity contribution is -0.118. The largest absolute Gasteiger partial charge is 0.369 e. The van der Waals surface area contributed by atoms with Crippen LogP contribution in [-0.4, -0.2) is 50.3 Å². The van der Waals surface area contributed by atoms with Gasteiger partial charge in [0.25, 0.3) is 0 Å². The summed E-state index contributed by atoms with van der Waals surface area (Å²) in [5.74, 6) is 3.55. The summed E-state index contributed by atoms with van der Waals surface area (Å²) < 4.78 is 1.84. The molecule has 3 aromatic rings. The molecule has 7 nitrogen and oxygen atoms in total. The Bertz CT molecular complexity index is 977. The lowest BCUT2D eigenvalue weighted by Crippen LogP contribution is -2.29. The molecule has 9 heteroatoms. The van der Waals surface area contributed by atoms with Crippen LogP contribution < -0.4 is 10.6 Å². The van der Waals surface area contributed by atoms with E-state index < -0.39 is 0 Å². The molecule has 2 heterocycles. The van der Waals surface area contributed by atoms with Gasteiger partial charge in [-0.05, 0) is 17.2 Å². The zero-order valence-electron chi connectivity index (χ0n) is 18.3. The minimum atomic E-state index is 0.0357. The predicted molar refractivity (Wildman–Crippen MR) is 131 cm³/mol. The Morgan fingerprint density at radius 2 is 2.00 bits per heavy atom. The average Bonchev–Trinajstić information content (AvgIpc) is 3.16. The van der Waals surface area contributed by atoms with Gasteiger partial charge in [0.1, 0.15) is 5.82 Å². The van der Waals surface area contributed by atoms with E-state index in [1.807, 2.05) is 22.9 Å². The van der Waals surface area contributed by atoms with E-state index in [4.69, 9.17) is 0 Å². The predicted octanol–water partition coefficient (Wildman–Crippen LogP) is 4.06. The number of hydrogen-bond acceptors (Lipinski definition) is 7. The topological polar surface area (TPSA) is 84.7 Å². The second-order valence-electron chi connectivity index (χ2n) is 7.50. The molecule has 0 atom stereocenters. The molecule has 31 heavy (non-hydrogen) atoms. The summed E-state index contributed by atoms with van der Waals surface area (Å²) in [7, 11) is 0. The van der Waals surface area contributed by atoms with Crippen molar-refractivity contribution < 1.29 is 4.79 Å². The normalized spacial score (nSPS) is 11.2. The average molecular weight is 459 g/mol. The van der Waals surface area contributed by atoms with Gasteiger partial charge in [-0.1, -0.05) is 62.9 Å². The number of fused-ring (bicyclic) bond motifs is 1. The first-order chi connectivity index (χ1) is 15.1. The first-order valence-corrected chi connectivity index (χ1v) is 12.7. The van der Waals surface area contributed by atoms with Gasteiger partial charge in [-0.2, -0.15) is 5.10 Å². The Kier molecular flexibility index (Phi) is 9.02. The summed E-state index contributed by atoms with van der Waals surface area (Å²) in [5.41, 5.74) is 2.02. The lowest BCUT2D eigenvalue weighted by atomic mass is 10.2. The molecule has 0 radical (unpaired) electrons. The number of carbonyl (C=O) groups excluding carboxylic acids is 1. The molecule has 166 valence electrons. The molecule has 0 fully saturated rings. The quantitative estimate of drug-likeness (QED) is 0.313. The van der Waals surface area contributed by atoms with Gasteiger partial charge in [0, 0.05) is 18.8 Å². The van der Waals surface area contributed by atoms with Gasteiger partial charge in [-0.3, -0.25) is 4.79 Å². The Hall–Kier alpha value is -2.26. The van der Waals surface area contributed by atoms with Gasteiger partial charge in [-0.15, -0.1) is 11.8 Å². The maximum Gasteiger partial charge on any atom is 0.230 e. The SMILES string of the molecule is CCSc1nc(NCC(C)C)c2cnn(CCNC(=O)CSCc3ccccc3)c2n1. The van der Waals surface area contributed by atoms with E-state index in [0.717, 1.165) is 40.1 Å². The van der Waals surface area contributed by atoms with Gasteiger partial charge in [0.05, 0.1) is 23.9 Å². The number of nitrogens with zero attached hydrogens (tertiary/aromatic N) is 4. The third-order valence-corrected chi connectivity index (χ3v) is 6.15. The highest BCUT2D eigenvalue weighted by molar-refractivity contribution is 7.99. The maximum atomic E-state index is 12.2. The van der Waals surface area contributed by atoms with Gasteiger partial charge < -0.3 is 10.6 Å². The molecular weight excluding hydrogens is 428 g/mol. The van der Waals surface area contributed by atoms with Crippen molar-refractivity contribution >= 4 is 46.3 Å². The molecule has 0 saturated heterocycles. The van der Waals surface area contributed by atoms with Gasteiger partial charge in [-0.25, -0.2) is 14.6 Å². The van der Waals surface area contributed by atoms with E-state index in [2.05, 4.69) is 58.6 Å². The highest BCUT2D eigenvalue weighted by atomic mass is 32.2. The van der Waals surface area contributed by atoms with Crippen molar-refractivity contribution in [3.63, 3.8) is 0 Å². The number of hydrogen-bond donors (Lipinski definition) is 2. The van der Waals surface area contributed by atoms with Crippen LogP contribution in [-0.2, 0) is 17.1 Å². The van der Waals surface area contributed by atoms with Crippen molar-refractivity contribution in [1.82, 2.24) is 25.1 Å². The van der Waals surface area contributed by atoms with Crippen molar-refractivity contribution in [2.75, 3.05) is 29.9 Å². The van der Waals surface area contributed by atoms with E-state index in [0.29, 0.717) is 24.8 Å². The molecule has 0 saturated carbocycles. The number of rotatable bonds is 12. The third kappa shape index (κ3) is 7.14. The van der Waals surface area contributed by atoms with E-state index >= 15 is 0 Å². The summed E-state index contributed by atoms with van der Waals surface area (Å²) in [5, 5.41) is 12.5. The van der Waals surface area contributed by atoms with Gasteiger partial charge in [0.15, 0.2) is 10.8 Å². The summed E-state index contributed by atoms with van der Waals surface area (Å²) in [4.78, 5) is 21.5. The number of thioether (sulfide) groups is 2. The molecule has 0 aliphatic rings. The molecule has 1 aromatic carbocycles. The maximum absolute atomic E-state index is 12.2. The Morgan fingerprint density at radius 1 is 1.19 bits per heavy atom. The number of anilines is 1. The van der Waals surface area contributed by atoms with Crippen LogP contribution in [0, 0.1) is 5.92 Å². The van der Waals surface area contributed by atoms with E-state index in [9.17, 15) is 4.79 Å². The fraction of sp³-hybridized carbons (Fsp3) is 0.455. The zero-order chi connectivity index (χ0) is 22.1. The van der Waals surface area contributed by atoms with Crippen LogP contribution in [0.1, 0.15) is 26.3 Å². The monoisotopic (exact) mass is 458 g/mol. The Balaban J connectivity index is 1.56. The van der Waals surface area contributed by atoms with Gasteiger partial charge >= 0.3 is 0 Å². The highest BCUT2D eigenvalue weighted by Crippen LogP contribution is 2.24. The van der Waals surface area contributed by atoms with Crippen LogP contribution in [0.2, 0.25) is 0 Å². The summed E-state index contributed by atoms with van der Waals surface area (Å²) in [6, 6.07) is 10.2.